The molecule has 0 rings (SSSR count). The molecule has 0 amide bonds. The Hall–Kier alpha value is -0.120. The summed E-state index contributed by atoms with van der Waals surface area (Å²) < 4.78 is 10.8. The molecule has 13 heavy (non-hydrogen) atoms. The smallest absolute Gasteiger partial charge is 0.157 e. The zero-order valence-corrected chi connectivity index (χ0v) is 9.14. The fourth-order valence-corrected chi connectivity index (χ4v) is 1.16. The molecule has 80 valence electrons. The summed E-state index contributed by atoms with van der Waals surface area (Å²) in [5, 5.41) is 3.28. The standard InChI is InChI=1S/C10H23NO2/c1-4-11-9-7-8-10(12-5-2)13-6-3/h10-11H,4-9H2,1-3H3. The van der Waals surface area contributed by atoms with Crippen LogP contribution in [0.4, 0.5) is 0 Å². The monoisotopic (exact) mass is 189 g/mol. The van der Waals surface area contributed by atoms with E-state index in [2.05, 4.69) is 12.2 Å². The second-order valence-corrected chi connectivity index (χ2v) is 2.84. The fourth-order valence-electron chi connectivity index (χ4n) is 1.16. The van der Waals surface area contributed by atoms with Gasteiger partial charge in [-0.2, -0.15) is 0 Å². The van der Waals surface area contributed by atoms with Crippen molar-refractivity contribution in [2.75, 3.05) is 26.3 Å². The van der Waals surface area contributed by atoms with Crippen LogP contribution in [0.25, 0.3) is 0 Å². The SMILES string of the molecule is CCNCCCC(OCC)OCC. The zero-order valence-electron chi connectivity index (χ0n) is 9.14. The van der Waals surface area contributed by atoms with Gasteiger partial charge in [-0.1, -0.05) is 6.92 Å². The van der Waals surface area contributed by atoms with E-state index >= 15 is 0 Å². The van der Waals surface area contributed by atoms with Crippen molar-refractivity contribution >= 4 is 0 Å². The molecule has 0 heterocycles. The highest BCUT2D eigenvalue weighted by Crippen LogP contribution is 2.03. The van der Waals surface area contributed by atoms with Crippen LogP contribution in [0, 0.1) is 0 Å². The molecule has 3 heteroatoms. The topological polar surface area (TPSA) is 30.5 Å². The van der Waals surface area contributed by atoms with Crippen LogP contribution < -0.4 is 5.32 Å². The second kappa shape index (κ2) is 9.96. The molecule has 0 aromatic rings. The molecule has 0 saturated carbocycles. The third-order valence-corrected chi connectivity index (χ3v) is 1.75. The molecule has 0 radical (unpaired) electrons. The summed E-state index contributed by atoms with van der Waals surface area (Å²) >= 11 is 0. The first-order valence-electron chi connectivity index (χ1n) is 5.29. The second-order valence-electron chi connectivity index (χ2n) is 2.84. The average molecular weight is 189 g/mol. The third-order valence-electron chi connectivity index (χ3n) is 1.75. The van der Waals surface area contributed by atoms with Crippen LogP contribution in [0.5, 0.6) is 0 Å². The van der Waals surface area contributed by atoms with Gasteiger partial charge in [0.05, 0.1) is 0 Å². The Bertz CT molecular complexity index is 92.9. The molecule has 0 aliphatic carbocycles. The van der Waals surface area contributed by atoms with Gasteiger partial charge in [-0.3, -0.25) is 0 Å². The van der Waals surface area contributed by atoms with Gasteiger partial charge in [0.1, 0.15) is 0 Å². The Morgan fingerprint density at radius 2 is 1.69 bits per heavy atom. The summed E-state index contributed by atoms with van der Waals surface area (Å²) in [5.41, 5.74) is 0. The normalized spacial score (nSPS) is 11.1. The fraction of sp³-hybridized carbons (Fsp3) is 1.00. The Kier molecular flexibility index (Phi) is 9.87. The van der Waals surface area contributed by atoms with Gasteiger partial charge in [0, 0.05) is 13.2 Å². The first-order chi connectivity index (χ1) is 6.35. The first-order valence-corrected chi connectivity index (χ1v) is 5.29. The predicted octanol–water partition coefficient (Wildman–Crippen LogP) is 1.78. The van der Waals surface area contributed by atoms with E-state index in [1.165, 1.54) is 0 Å². The van der Waals surface area contributed by atoms with Crippen molar-refractivity contribution in [1.29, 1.82) is 0 Å². The van der Waals surface area contributed by atoms with Crippen molar-refractivity contribution in [3.05, 3.63) is 0 Å². The number of nitrogens with one attached hydrogen (secondary N) is 1. The summed E-state index contributed by atoms with van der Waals surface area (Å²) in [6, 6.07) is 0. The molecule has 0 unspecified atom stereocenters. The van der Waals surface area contributed by atoms with Gasteiger partial charge in [0.2, 0.25) is 0 Å². The van der Waals surface area contributed by atoms with E-state index in [4.69, 9.17) is 9.47 Å². The number of hydrogen-bond acceptors (Lipinski definition) is 3. The molecule has 0 bridgehead atoms. The lowest BCUT2D eigenvalue weighted by atomic mass is 10.3. The van der Waals surface area contributed by atoms with Gasteiger partial charge < -0.3 is 14.8 Å². The lowest BCUT2D eigenvalue weighted by molar-refractivity contribution is -0.139. The minimum Gasteiger partial charge on any atom is -0.353 e. The van der Waals surface area contributed by atoms with Crippen LogP contribution in [-0.2, 0) is 9.47 Å². The lowest BCUT2D eigenvalue weighted by Crippen LogP contribution is -2.21. The molecule has 0 atom stereocenters. The Labute approximate surface area is 81.8 Å². The van der Waals surface area contributed by atoms with Gasteiger partial charge in [0.15, 0.2) is 6.29 Å². The highest BCUT2D eigenvalue weighted by molar-refractivity contribution is 4.49. The average Bonchev–Trinajstić information content (AvgIpc) is 2.13. The van der Waals surface area contributed by atoms with Crippen LogP contribution in [0.1, 0.15) is 33.6 Å². The van der Waals surface area contributed by atoms with Crippen LogP contribution in [0.15, 0.2) is 0 Å². The molecular weight excluding hydrogens is 166 g/mol. The van der Waals surface area contributed by atoms with E-state index in [1.807, 2.05) is 13.8 Å². The number of hydrogen-bond donors (Lipinski definition) is 1. The molecule has 1 N–H and O–H groups in total. The Morgan fingerprint density at radius 1 is 1.08 bits per heavy atom. The largest absolute Gasteiger partial charge is 0.353 e. The van der Waals surface area contributed by atoms with Crippen molar-refractivity contribution in [3.8, 4) is 0 Å². The number of ether oxygens (including phenoxy) is 2. The molecule has 0 fully saturated rings. The minimum absolute atomic E-state index is 0.00587. The molecule has 0 spiro atoms. The van der Waals surface area contributed by atoms with Gasteiger partial charge in [-0.05, 0) is 39.8 Å². The van der Waals surface area contributed by atoms with Crippen molar-refractivity contribution in [3.63, 3.8) is 0 Å². The van der Waals surface area contributed by atoms with Crippen molar-refractivity contribution in [2.45, 2.75) is 39.9 Å². The van der Waals surface area contributed by atoms with E-state index in [0.717, 1.165) is 39.1 Å². The molecule has 0 aromatic heterocycles. The van der Waals surface area contributed by atoms with Gasteiger partial charge >= 0.3 is 0 Å². The number of rotatable bonds is 9. The van der Waals surface area contributed by atoms with Crippen molar-refractivity contribution in [2.24, 2.45) is 0 Å². The first kappa shape index (κ1) is 12.9. The summed E-state index contributed by atoms with van der Waals surface area (Å²) in [6.07, 6.45) is 2.08. The van der Waals surface area contributed by atoms with E-state index < -0.39 is 0 Å². The van der Waals surface area contributed by atoms with Crippen LogP contribution >= 0.6 is 0 Å². The summed E-state index contributed by atoms with van der Waals surface area (Å²) in [7, 11) is 0. The zero-order chi connectivity index (χ0) is 9.94. The van der Waals surface area contributed by atoms with Crippen LogP contribution in [0.2, 0.25) is 0 Å². The van der Waals surface area contributed by atoms with E-state index in [0.29, 0.717) is 0 Å². The van der Waals surface area contributed by atoms with Crippen LogP contribution in [-0.4, -0.2) is 32.6 Å². The van der Waals surface area contributed by atoms with Crippen molar-refractivity contribution in [1.82, 2.24) is 5.32 Å². The maximum absolute atomic E-state index is 5.41. The molecule has 0 saturated heterocycles. The summed E-state index contributed by atoms with van der Waals surface area (Å²) in [5.74, 6) is 0. The Balaban J connectivity index is 3.33. The highest BCUT2D eigenvalue weighted by atomic mass is 16.7. The van der Waals surface area contributed by atoms with E-state index in [9.17, 15) is 0 Å². The van der Waals surface area contributed by atoms with Crippen LogP contribution in [0.3, 0.4) is 0 Å². The highest BCUT2D eigenvalue weighted by Gasteiger charge is 2.06. The lowest BCUT2D eigenvalue weighted by Gasteiger charge is -2.16. The molecule has 0 aliphatic rings. The van der Waals surface area contributed by atoms with E-state index in [1.54, 1.807) is 0 Å². The minimum atomic E-state index is -0.00587. The molecule has 0 aromatic carbocycles. The van der Waals surface area contributed by atoms with E-state index in [-0.39, 0.29) is 6.29 Å². The predicted molar refractivity (Wildman–Crippen MR) is 54.8 cm³/mol. The maximum Gasteiger partial charge on any atom is 0.157 e. The summed E-state index contributed by atoms with van der Waals surface area (Å²) in [4.78, 5) is 0. The van der Waals surface area contributed by atoms with Crippen molar-refractivity contribution < 1.29 is 9.47 Å². The Morgan fingerprint density at radius 3 is 2.15 bits per heavy atom. The van der Waals surface area contributed by atoms with Gasteiger partial charge in [-0.15, -0.1) is 0 Å². The maximum atomic E-state index is 5.41. The molecule has 0 aliphatic heterocycles. The van der Waals surface area contributed by atoms with Gasteiger partial charge in [-0.25, -0.2) is 0 Å². The summed E-state index contributed by atoms with van der Waals surface area (Å²) in [6.45, 7) is 9.65. The molecular formula is C10H23NO2. The quantitative estimate of drug-likeness (QED) is 0.443. The van der Waals surface area contributed by atoms with Gasteiger partial charge in [0.25, 0.3) is 0 Å². The third kappa shape index (κ3) is 8.22. The molecule has 3 nitrogen and oxygen atoms in total.